The third-order valence-electron chi connectivity index (χ3n) is 4.41. The lowest BCUT2D eigenvalue weighted by atomic mass is 9.96. The van der Waals surface area contributed by atoms with E-state index in [1.807, 2.05) is 0 Å². The van der Waals surface area contributed by atoms with Crippen molar-refractivity contribution in [2.24, 2.45) is 0 Å². The van der Waals surface area contributed by atoms with Crippen LogP contribution in [0.1, 0.15) is 39.2 Å². The quantitative estimate of drug-likeness (QED) is 0.565. The molecule has 7 nitrogen and oxygen atoms in total. The summed E-state index contributed by atoms with van der Waals surface area (Å²) in [7, 11) is 1.38. The molecule has 1 aromatic heterocycles. The normalized spacial score (nSPS) is 12.6. The van der Waals surface area contributed by atoms with Crippen molar-refractivity contribution >= 4 is 45.5 Å². The fraction of sp³-hybridized carbons (Fsp3) is 0.316. The third kappa shape index (κ3) is 4.06. The molecule has 3 rings (SSSR count). The van der Waals surface area contributed by atoms with Gasteiger partial charge >= 0.3 is 5.97 Å². The number of anilines is 2. The van der Waals surface area contributed by atoms with Crippen LogP contribution in [0.4, 0.5) is 10.7 Å². The zero-order chi connectivity index (χ0) is 20.3. The Morgan fingerprint density at radius 1 is 1.36 bits per heavy atom. The molecular weight excluding hydrogens is 402 g/mol. The maximum Gasteiger partial charge on any atom is 0.342 e. The predicted molar refractivity (Wildman–Crippen MR) is 107 cm³/mol. The highest BCUT2D eigenvalue weighted by molar-refractivity contribution is 7.16. The molecule has 1 aliphatic carbocycles. The summed E-state index contributed by atoms with van der Waals surface area (Å²) >= 11 is 7.35. The number of carbonyl (C=O) groups is 2. The second kappa shape index (κ2) is 8.50. The number of hydrogen-bond acceptors (Lipinski definition) is 7. The van der Waals surface area contributed by atoms with E-state index in [0.717, 1.165) is 36.1 Å². The molecular formula is C19H18ClN3O4S. The summed E-state index contributed by atoms with van der Waals surface area (Å²) in [6.07, 6.45) is 3.87. The summed E-state index contributed by atoms with van der Waals surface area (Å²) in [4.78, 5) is 25.7. The predicted octanol–water partition coefficient (Wildman–Crippen LogP) is 3.54. The van der Waals surface area contributed by atoms with E-state index in [-0.39, 0.29) is 22.0 Å². The average molecular weight is 420 g/mol. The Morgan fingerprint density at radius 2 is 2.11 bits per heavy atom. The number of halogens is 1. The Balaban J connectivity index is 1.67. The Hall–Kier alpha value is -2.76. The van der Waals surface area contributed by atoms with Crippen molar-refractivity contribution < 1.29 is 19.1 Å². The summed E-state index contributed by atoms with van der Waals surface area (Å²) in [6.45, 7) is -0.503. The number of esters is 1. The van der Waals surface area contributed by atoms with Gasteiger partial charge in [0.25, 0.3) is 5.91 Å². The van der Waals surface area contributed by atoms with Crippen molar-refractivity contribution in [2.75, 3.05) is 24.8 Å². The number of nitrogens with one attached hydrogen (secondary N) is 1. The van der Waals surface area contributed by atoms with Crippen LogP contribution in [0.3, 0.4) is 0 Å². The summed E-state index contributed by atoms with van der Waals surface area (Å²) in [5.41, 5.74) is 7.55. The standard InChI is InChI=1S/C19H18ClN3O4S/c1-26-15-7-14(22)13(20)6-11(15)19(25)27-9-17(24)23-18-12(8-21)10-4-2-3-5-16(10)28-18/h6-7H,2-5,9,22H2,1H3,(H,23,24). The molecule has 0 saturated carbocycles. The number of methoxy groups -OCH3 is 1. The van der Waals surface area contributed by atoms with Crippen LogP contribution in [0, 0.1) is 11.3 Å². The van der Waals surface area contributed by atoms with E-state index in [0.29, 0.717) is 10.6 Å². The first-order chi connectivity index (χ1) is 13.4. The molecule has 2 aromatic rings. The van der Waals surface area contributed by atoms with E-state index in [9.17, 15) is 14.9 Å². The van der Waals surface area contributed by atoms with Gasteiger partial charge in [-0.3, -0.25) is 4.79 Å². The monoisotopic (exact) mass is 419 g/mol. The number of fused-ring (bicyclic) bond motifs is 1. The second-order valence-corrected chi connectivity index (χ2v) is 7.74. The van der Waals surface area contributed by atoms with Crippen LogP contribution >= 0.6 is 22.9 Å². The van der Waals surface area contributed by atoms with Gasteiger partial charge in [0, 0.05) is 10.9 Å². The number of amides is 1. The summed E-state index contributed by atoms with van der Waals surface area (Å²) < 4.78 is 10.2. The van der Waals surface area contributed by atoms with Crippen molar-refractivity contribution in [3.63, 3.8) is 0 Å². The lowest BCUT2D eigenvalue weighted by molar-refractivity contribution is -0.119. The molecule has 9 heteroatoms. The first kappa shape index (κ1) is 20.0. The lowest BCUT2D eigenvalue weighted by Crippen LogP contribution is -2.21. The van der Waals surface area contributed by atoms with Gasteiger partial charge in [-0.05, 0) is 37.3 Å². The number of nitrogens with zero attached hydrogens (tertiary/aromatic N) is 1. The van der Waals surface area contributed by atoms with Crippen LogP contribution < -0.4 is 15.8 Å². The number of hydrogen-bond donors (Lipinski definition) is 2. The van der Waals surface area contributed by atoms with Crippen LogP contribution in [0.25, 0.3) is 0 Å². The fourth-order valence-electron chi connectivity index (χ4n) is 3.04. The molecule has 28 heavy (non-hydrogen) atoms. The van der Waals surface area contributed by atoms with Gasteiger partial charge in [-0.25, -0.2) is 4.79 Å². The highest BCUT2D eigenvalue weighted by Gasteiger charge is 2.23. The molecule has 146 valence electrons. The number of nitrogens with two attached hydrogens (primary N) is 1. The molecule has 3 N–H and O–H groups in total. The lowest BCUT2D eigenvalue weighted by Gasteiger charge is -2.11. The zero-order valence-corrected chi connectivity index (χ0v) is 16.7. The highest BCUT2D eigenvalue weighted by atomic mass is 35.5. The van der Waals surface area contributed by atoms with E-state index in [4.69, 9.17) is 26.8 Å². The molecule has 0 fully saturated rings. The van der Waals surface area contributed by atoms with Crippen molar-refractivity contribution in [1.29, 1.82) is 5.26 Å². The Labute approximate surface area is 171 Å². The number of ether oxygens (including phenoxy) is 2. The van der Waals surface area contributed by atoms with E-state index < -0.39 is 18.5 Å². The second-order valence-electron chi connectivity index (χ2n) is 6.23. The van der Waals surface area contributed by atoms with E-state index in [1.54, 1.807) is 0 Å². The van der Waals surface area contributed by atoms with E-state index in [2.05, 4.69) is 11.4 Å². The molecule has 0 spiro atoms. The summed E-state index contributed by atoms with van der Waals surface area (Å²) in [5.74, 6) is -1.09. The van der Waals surface area contributed by atoms with Gasteiger partial charge in [-0.1, -0.05) is 11.6 Å². The molecule has 0 unspecified atom stereocenters. The first-order valence-corrected chi connectivity index (χ1v) is 9.78. The number of aryl methyl sites for hydroxylation is 1. The molecule has 1 amide bonds. The van der Waals surface area contributed by atoms with Crippen molar-refractivity contribution in [3.8, 4) is 11.8 Å². The number of thiophene rings is 1. The van der Waals surface area contributed by atoms with Crippen LogP contribution in [-0.4, -0.2) is 25.6 Å². The SMILES string of the molecule is COc1cc(N)c(Cl)cc1C(=O)OCC(=O)Nc1sc2c(c1C#N)CCCC2. The van der Waals surface area contributed by atoms with Crippen molar-refractivity contribution in [2.45, 2.75) is 25.7 Å². The van der Waals surface area contributed by atoms with Crippen LogP contribution in [0.5, 0.6) is 5.75 Å². The maximum atomic E-state index is 12.3. The Morgan fingerprint density at radius 3 is 2.82 bits per heavy atom. The molecule has 0 aliphatic heterocycles. The zero-order valence-electron chi connectivity index (χ0n) is 15.1. The molecule has 0 bridgehead atoms. The molecule has 1 heterocycles. The molecule has 0 atom stereocenters. The molecule has 1 aliphatic rings. The minimum Gasteiger partial charge on any atom is -0.496 e. The Kier molecular flexibility index (Phi) is 6.07. The summed E-state index contributed by atoms with van der Waals surface area (Å²) in [5, 5.41) is 12.8. The summed E-state index contributed by atoms with van der Waals surface area (Å²) in [6, 6.07) is 4.91. The minimum absolute atomic E-state index is 0.0683. The number of benzene rings is 1. The molecule has 0 radical (unpaired) electrons. The van der Waals surface area contributed by atoms with Gasteiger partial charge in [0.05, 0.1) is 23.4 Å². The van der Waals surface area contributed by atoms with Crippen molar-refractivity contribution in [3.05, 3.63) is 38.7 Å². The number of carbonyl (C=O) groups excluding carboxylic acids is 2. The first-order valence-electron chi connectivity index (χ1n) is 8.59. The number of nitriles is 1. The van der Waals surface area contributed by atoms with Crippen LogP contribution in [0.2, 0.25) is 5.02 Å². The number of rotatable bonds is 5. The third-order valence-corrected chi connectivity index (χ3v) is 5.94. The van der Waals surface area contributed by atoms with Gasteiger partial charge < -0.3 is 20.5 Å². The van der Waals surface area contributed by atoms with Gasteiger partial charge in [0.15, 0.2) is 6.61 Å². The fourth-order valence-corrected chi connectivity index (χ4v) is 4.46. The van der Waals surface area contributed by atoms with Gasteiger partial charge in [0.2, 0.25) is 0 Å². The highest BCUT2D eigenvalue weighted by Crippen LogP contribution is 2.37. The van der Waals surface area contributed by atoms with E-state index in [1.165, 1.54) is 30.6 Å². The largest absolute Gasteiger partial charge is 0.496 e. The molecule has 1 aromatic carbocycles. The van der Waals surface area contributed by atoms with Gasteiger partial charge in [0.1, 0.15) is 22.4 Å². The Bertz CT molecular complexity index is 981. The van der Waals surface area contributed by atoms with Crippen LogP contribution in [-0.2, 0) is 22.4 Å². The van der Waals surface area contributed by atoms with E-state index >= 15 is 0 Å². The van der Waals surface area contributed by atoms with Gasteiger partial charge in [-0.15, -0.1) is 11.3 Å². The smallest absolute Gasteiger partial charge is 0.342 e. The number of nitrogen functional groups attached to an aromatic ring is 1. The molecule has 0 saturated heterocycles. The average Bonchev–Trinajstić information content (AvgIpc) is 3.04. The van der Waals surface area contributed by atoms with Gasteiger partial charge in [-0.2, -0.15) is 5.26 Å². The van der Waals surface area contributed by atoms with Crippen LogP contribution in [0.15, 0.2) is 12.1 Å². The minimum atomic E-state index is -0.764. The van der Waals surface area contributed by atoms with Crippen molar-refractivity contribution in [1.82, 2.24) is 0 Å². The topological polar surface area (TPSA) is 114 Å². The maximum absolute atomic E-state index is 12.3.